The fraction of sp³-hybridized carbons (Fsp3) is 0.111. The maximum atomic E-state index is 13.5. The summed E-state index contributed by atoms with van der Waals surface area (Å²) in [4.78, 5) is 38.5. The molecule has 3 aromatic carbocycles. The van der Waals surface area contributed by atoms with Crippen LogP contribution in [0.15, 0.2) is 95.7 Å². The van der Waals surface area contributed by atoms with Gasteiger partial charge in [-0.25, -0.2) is 0 Å². The number of nitrogens with one attached hydrogen (secondary N) is 2. The third-order valence-corrected chi connectivity index (χ3v) is 6.23. The lowest BCUT2D eigenvalue weighted by atomic mass is 9.78. The van der Waals surface area contributed by atoms with E-state index in [4.69, 9.17) is 0 Å². The van der Waals surface area contributed by atoms with Gasteiger partial charge < -0.3 is 10.6 Å². The van der Waals surface area contributed by atoms with Crippen LogP contribution in [0.5, 0.6) is 0 Å². The number of para-hydroxylation sites is 1. The Labute approximate surface area is 196 Å². The van der Waals surface area contributed by atoms with Crippen LogP contribution in [0.2, 0.25) is 0 Å². The highest BCUT2D eigenvalue weighted by Crippen LogP contribution is 2.48. The molecule has 0 radical (unpaired) electrons. The van der Waals surface area contributed by atoms with E-state index in [2.05, 4.69) is 10.6 Å². The number of hydrogen-bond donors (Lipinski definition) is 2. The Bertz CT molecular complexity index is 1410. The number of nitrogens with zero attached hydrogens (tertiary/aromatic N) is 1. The van der Waals surface area contributed by atoms with Gasteiger partial charge in [-0.2, -0.15) is 0 Å². The Balaban J connectivity index is 1.63. The number of carbonyl (C=O) groups excluding carboxylic acids is 2. The molecule has 1 aliphatic carbocycles. The Morgan fingerprint density at radius 1 is 0.971 bits per heavy atom. The molecule has 0 saturated heterocycles. The second-order valence-corrected chi connectivity index (χ2v) is 8.24. The summed E-state index contributed by atoms with van der Waals surface area (Å²) < 4.78 is 0. The fourth-order valence-corrected chi connectivity index (χ4v) is 4.71. The van der Waals surface area contributed by atoms with E-state index in [1.807, 2.05) is 42.5 Å². The van der Waals surface area contributed by atoms with Gasteiger partial charge in [-0.05, 0) is 12.5 Å². The number of allylic oxidation sites excluding steroid dienone is 2. The molecule has 0 fully saturated rings. The first-order valence-corrected chi connectivity index (χ1v) is 10.9. The minimum absolute atomic E-state index is 0.133. The van der Waals surface area contributed by atoms with Gasteiger partial charge in [-0.15, -0.1) is 0 Å². The van der Waals surface area contributed by atoms with E-state index in [9.17, 15) is 19.7 Å². The number of nitro groups is 1. The molecule has 1 amide bonds. The maximum absolute atomic E-state index is 13.5. The van der Waals surface area contributed by atoms with Crippen LogP contribution in [0.3, 0.4) is 0 Å². The average Bonchev–Trinajstić information content (AvgIpc) is 3.14. The fourth-order valence-electron chi connectivity index (χ4n) is 4.71. The Morgan fingerprint density at radius 2 is 1.62 bits per heavy atom. The lowest BCUT2D eigenvalue weighted by Crippen LogP contribution is -2.34. The van der Waals surface area contributed by atoms with Gasteiger partial charge in [0.05, 0.1) is 16.5 Å². The molecular weight excluding hydrogens is 430 g/mol. The molecule has 3 aromatic rings. The monoisotopic (exact) mass is 451 g/mol. The molecule has 168 valence electrons. The van der Waals surface area contributed by atoms with Gasteiger partial charge >= 0.3 is 0 Å². The van der Waals surface area contributed by atoms with Crippen LogP contribution in [0.25, 0.3) is 5.70 Å². The molecule has 2 N–H and O–H groups in total. The molecule has 1 heterocycles. The largest absolute Gasteiger partial charge is 0.358 e. The Kier molecular flexibility index (Phi) is 5.30. The van der Waals surface area contributed by atoms with Crippen LogP contribution in [0, 0.1) is 10.1 Å². The molecule has 2 aliphatic rings. The second kappa shape index (κ2) is 8.44. The summed E-state index contributed by atoms with van der Waals surface area (Å²) in [5.74, 6) is -1.50. The smallest absolute Gasteiger partial charge is 0.273 e. The second-order valence-electron chi connectivity index (χ2n) is 8.24. The number of carbonyl (C=O) groups is 2. The SMILES string of the molecule is CC1=C(C(=O)NCc2ccccc2)[C@H](c2ccccc2[N+](=O)[O-])C2=C(N1)c1ccccc1C2=O. The van der Waals surface area contributed by atoms with Gasteiger partial charge in [0.2, 0.25) is 5.91 Å². The number of benzene rings is 3. The summed E-state index contributed by atoms with van der Waals surface area (Å²) in [6.07, 6.45) is 0. The highest BCUT2D eigenvalue weighted by atomic mass is 16.6. The van der Waals surface area contributed by atoms with Crippen LogP contribution < -0.4 is 10.6 Å². The first kappa shape index (κ1) is 21.3. The molecule has 0 aromatic heterocycles. The molecule has 5 rings (SSSR count). The molecule has 0 bridgehead atoms. The summed E-state index contributed by atoms with van der Waals surface area (Å²) in [5.41, 5.74) is 4.15. The van der Waals surface area contributed by atoms with Gasteiger partial charge in [0.1, 0.15) is 0 Å². The van der Waals surface area contributed by atoms with Crippen molar-refractivity contribution in [1.29, 1.82) is 0 Å². The van der Waals surface area contributed by atoms with Crippen molar-refractivity contribution in [2.24, 2.45) is 0 Å². The van der Waals surface area contributed by atoms with Crippen LogP contribution in [-0.4, -0.2) is 16.6 Å². The molecule has 0 spiro atoms. The van der Waals surface area contributed by atoms with Crippen LogP contribution >= 0.6 is 0 Å². The predicted octanol–water partition coefficient (Wildman–Crippen LogP) is 4.48. The first-order valence-electron chi connectivity index (χ1n) is 10.9. The van der Waals surface area contributed by atoms with E-state index < -0.39 is 10.8 Å². The highest BCUT2D eigenvalue weighted by Gasteiger charge is 2.44. The minimum Gasteiger partial charge on any atom is -0.358 e. The molecule has 1 atom stereocenters. The summed E-state index contributed by atoms with van der Waals surface area (Å²) in [6, 6.07) is 22.9. The van der Waals surface area contributed by atoms with E-state index in [0.717, 1.165) is 11.1 Å². The number of fused-ring (bicyclic) bond motifs is 2. The topological polar surface area (TPSA) is 101 Å². The lowest BCUT2D eigenvalue weighted by Gasteiger charge is -2.29. The quantitative estimate of drug-likeness (QED) is 0.440. The number of hydrogen-bond acceptors (Lipinski definition) is 5. The molecule has 7 nitrogen and oxygen atoms in total. The highest BCUT2D eigenvalue weighted by molar-refractivity contribution is 6.23. The summed E-state index contributed by atoms with van der Waals surface area (Å²) in [6.45, 7) is 2.05. The van der Waals surface area contributed by atoms with Crippen molar-refractivity contribution in [1.82, 2.24) is 10.6 Å². The standard InChI is InChI=1S/C27H21N3O4/c1-16-22(27(32)28-15-17-9-3-2-4-10-17)23(20-13-7-8-14-21(20)30(33)34)24-25(29-16)18-11-5-6-12-19(18)26(24)31/h2-14,23,29H,15H2,1H3,(H,28,32)/t23-/m0/s1. The van der Waals surface area contributed by atoms with Gasteiger partial charge in [0, 0.05) is 46.1 Å². The van der Waals surface area contributed by atoms with Gasteiger partial charge in [0.15, 0.2) is 5.78 Å². The Morgan fingerprint density at radius 3 is 2.35 bits per heavy atom. The Hall–Kier alpha value is -4.52. The zero-order valence-electron chi connectivity index (χ0n) is 18.4. The average molecular weight is 451 g/mol. The predicted molar refractivity (Wildman–Crippen MR) is 128 cm³/mol. The van der Waals surface area contributed by atoms with Crippen molar-refractivity contribution in [3.63, 3.8) is 0 Å². The number of Topliss-reactive ketones (excluding diaryl/α,β-unsaturated/α-hetero) is 1. The summed E-state index contributed by atoms with van der Waals surface area (Å²) in [7, 11) is 0. The van der Waals surface area contributed by atoms with E-state index in [0.29, 0.717) is 40.2 Å². The number of dihydropyridines is 1. The van der Waals surface area contributed by atoms with Crippen LogP contribution in [0.4, 0.5) is 5.69 Å². The molecule has 1 aliphatic heterocycles. The van der Waals surface area contributed by atoms with Gasteiger partial charge in [0.25, 0.3) is 5.69 Å². The van der Waals surface area contributed by atoms with Crippen molar-refractivity contribution in [2.45, 2.75) is 19.4 Å². The van der Waals surface area contributed by atoms with E-state index in [-0.39, 0.29) is 17.4 Å². The number of amides is 1. The van der Waals surface area contributed by atoms with Gasteiger partial charge in [-0.3, -0.25) is 19.7 Å². The van der Waals surface area contributed by atoms with E-state index >= 15 is 0 Å². The van der Waals surface area contributed by atoms with E-state index in [1.165, 1.54) is 6.07 Å². The first-order chi connectivity index (χ1) is 16.5. The summed E-state index contributed by atoms with van der Waals surface area (Å²) >= 11 is 0. The van der Waals surface area contributed by atoms with Crippen molar-refractivity contribution in [2.75, 3.05) is 0 Å². The number of rotatable bonds is 5. The van der Waals surface area contributed by atoms with Crippen molar-refractivity contribution in [3.05, 3.63) is 128 Å². The zero-order chi connectivity index (χ0) is 23.8. The molecule has 34 heavy (non-hydrogen) atoms. The molecular formula is C27H21N3O4. The third kappa shape index (κ3) is 3.47. The van der Waals surface area contributed by atoms with E-state index in [1.54, 1.807) is 37.3 Å². The zero-order valence-corrected chi connectivity index (χ0v) is 18.4. The normalized spacial score (nSPS) is 16.6. The van der Waals surface area contributed by atoms with Crippen LogP contribution in [-0.2, 0) is 11.3 Å². The minimum atomic E-state index is -0.881. The molecule has 7 heteroatoms. The van der Waals surface area contributed by atoms with Crippen molar-refractivity contribution >= 4 is 23.1 Å². The number of nitro benzene ring substituents is 1. The van der Waals surface area contributed by atoms with Gasteiger partial charge in [-0.1, -0.05) is 72.8 Å². The van der Waals surface area contributed by atoms with Crippen molar-refractivity contribution < 1.29 is 14.5 Å². The maximum Gasteiger partial charge on any atom is 0.273 e. The summed E-state index contributed by atoms with van der Waals surface area (Å²) in [5, 5.41) is 18.1. The molecule has 0 saturated carbocycles. The number of ketones is 1. The third-order valence-electron chi connectivity index (χ3n) is 6.23. The van der Waals surface area contributed by atoms with Crippen molar-refractivity contribution in [3.8, 4) is 0 Å². The van der Waals surface area contributed by atoms with Crippen LogP contribution in [0.1, 0.15) is 39.9 Å². The molecule has 0 unspecified atom stereocenters. The lowest BCUT2D eigenvalue weighted by molar-refractivity contribution is -0.385.